The standard InChI is InChI=1S/C17H20N2O3.C17H17NO6.C17H19NO4.C12H9NO4/c1-17(2,16(20)19-3)22-15-7-5-4-6-14(15)21-13-10-8-12(18)9-11-13;1-17(2,16(19)22-3)24-15-7-5-4-6-14(15)23-13-10-8-12(9-11-13)18(20)21;1-17(2,16(19)20-3)22-15-7-5-4-6-14(15)21-13-10-8-12(18)9-11-13;14-11-3-1-2-4-12(11)17-10-7-5-9(6-8-10)13(15)16/h4-11H,18H2,1-3H3,(H,19,20);4-11H,1-3H3;4-11H,18H2,1-3H3;1-8,14H. The summed E-state index contributed by atoms with van der Waals surface area (Å²) < 4.78 is 49.4. The Kier molecular flexibility index (Phi) is 23.0. The monoisotopic (exact) mass is 1160 g/mol. The summed E-state index contributed by atoms with van der Waals surface area (Å²) in [5.41, 5.74) is 9.28. The Morgan fingerprint density at radius 1 is 0.412 bits per heavy atom. The zero-order valence-corrected chi connectivity index (χ0v) is 48.0. The van der Waals surface area contributed by atoms with Gasteiger partial charge in [0.05, 0.1) is 24.1 Å². The molecule has 85 heavy (non-hydrogen) atoms. The highest BCUT2D eigenvalue weighted by Crippen LogP contribution is 2.38. The van der Waals surface area contributed by atoms with Crippen molar-refractivity contribution < 1.29 is 72.0 Å². The first-order valence-corrected chi connectivity index (χ1v) is 25.8. The number of phenolic OH excluding ortho intramolecular Hbond substituents is 1. The molecule has 8 aromatic carbocycles. The maximum Gasteiger partial charge on any atom is 0.349 e. The van der Waals surface area contributed by atoms with Gasteiger partial charge in [-0.15, -0.1) is 0 Å². The van der Waals surface area contributed by atoms with Gasteiger partial charge in [0.2, 0.25) is 0 Å². The molecule has 444 valence electrons. The first kappa shape index (κ1) is 64.8. The molecule has 0 aromatic heterocycles. The summed E-state index contributed by atoms with van der Waals surface area (Å²) in [5.74, 6) is 3.95. The molecule has 0 aliphatic carbocycles. The second-order valence-electron chi connectivity index (χ2n) is 19.3. The van der Waals surface area contributed by atoms with E-state index >= 15 is 0 Å². The van der Waals surface area contributed by atoms with Crippen molar-refractivity contribution in [1.29, 1.82) is 0 Å². The van der Waals surface area contributed by atoms with Crippen molar-refractivity contribution in [3.8, 4) is 69.0 Å². The molecule has 0 atom stereocenters. The molecule has 8 aromatic rings. The molecule has 0 saturated carbocycles. The van der Waals surface area contributed by atoms with Crippen LogP contribution in [0.3, 0.4) is 0 Å². The fourth-order valence-electron chi connectivity index (χ4n) is 7.00. The van der Waals surface area contributed by atoms with E-state index in [0.29, 0.717) is 74.6 Å². The Balaban J connectivity index is 0.000000208. The number of nitrogens with two attached hydrogens (primary N) is 2. The molecule has 0 unspecified atom stereocenters. The van der Waals surface area contributed by atoms with Crippen LogP contribution < -0.4 is 49.9 Å². The molecule has 0 aliphatic rings. The number of nitro groups is 2. The number of hydrogen-bond acceptors (Lipinski definition) is 19. The second kappa shape index (κ2) is 30.1. The van der Waals surface area contributed by atoms with Gasteiger partial charge in [0.25, 0.3) is 17.3 Å². The topological polar surface area (TPSA) is 305 Å². The third-order valence-electron chi connectivity index (χ3n) is 11.4. The van der Waals surface area contributed by atoms with Gasteiger partial charge in [-0.1, -0.05) is 48.5 Å². The quantitative estimate of drug-likeness (QED) is 0.0253. The number of benzene rings is 8. The maximum absolute atomic E-state index is 11.9. The minimum Gasteiger partial charge on any atom is -0.504 e. The molecular weight excluding hydrogens is 1100 g/mol. The fraction of sp³-hybridized carbons (Fsp3) is 0.190. The lowest BCUT2D eigenvalue weighted by Crippen LogP contribution is -2.45. The molecule has 1 amide bonds. The average molecular weight is 1160 g/mol. The predicted molar refractivity (Wildman–Crippen MR) is 318 cm³/mol. The van der Waals surface area contributed by atoms with Crippen molar-refractivity contribution in [2.24, 2.45) is 0 Å². The van der Waals surface area contributed by atoms with Crippen molar-refractivity contribution in [3.05, 3.63) is 214 Å². The number of methoxy groups -OCH3 is 2. The van der Waals surface area contributed by atoms with Gasteiger partial charge in [0.15, 0.2) is 62.8 Å². The number of carbonyl (C=O) groups excluding carboxylic acids is 3. The summed E-state index contributed by atoms with van der Waals surface area (Å²) in [6.07, 6.45) is 0. The molecule has 0 bridgehead atoms. The van der Waals surface area contributed by atoms with E-state index in [0.717, 1.165) is 0 Å². The lowest BCUT2D eigenvalue weighted by Gasteiger charge is -2.25. The third kappa shape index (κ3) is 19.9. The minimum absolute atomic E-state index is 0.00497. The summed E-state index contributed by atoms with van der Waals surface area (Å²) in [5, 5.41) is 33.2. The molecule has 0 aliphatic heterocycles. The SMILES string of the molecule is CNC(=O)C(C)(C)Oc1ccccc1Oc1ccc(N)cc1.COC(=O)C(C)(C)Oc1ccccc1Oc1ccc(N)cc1.COC(=O)C(C)(C)Oc1ccccc1Oc1ccc([N+](=O)[O-])cc1.O=[N+]([O-])c1ccc(Oc2ccccc2O)cc1. The van der Waals surface area contributed by atoms with Crippen LogP contribution in [-0.2, 0) is 23.9 Å². The molecule has 22 nitrogen and oxygen atoms in total. The third-order valence-corrected chi connectivity index (χ3v) is 11.4. The normalized spacial score (nSPS) is 10.6. The van der Waals surface area contributed by atoms with E-state index in [2.05, 4.69) is 5.32 Å². The fourth-order valence-corrected chi connectivity index (χ4v) is 7.00. The summed E-state index contributed by atoms with van der Waals surface area (Å²) in [6, 6.07) is 53.0. The Labute approximate surface area is 490 Å². The van der Waals surface area contributed by atoms with Crippen LogP contribution in [0.1, 0.15) is 41.5 Å². The number of amides is 1. The van der Waals surface area contributed by atoms with E-state index in [1.54, 1.807) is 170 Å². The number of phenols is 1. The molecule has 0 saturated heterocycles. The van der Waals surface area contributed by atoms with Gasteiger partial charge in [0.1, 0.15) is 23.0 Å². The number of esters is 2. The molecule has 8 rings (SSSR count). The number of rotatable bonds is 19. The smallest absolute Gasteiger partial charge is 0.349 e. The van der Waals surface area contributed by atoms with E-state index in [-0.39, 0.29) is 23.0 Å². The minimum atomic E-state index is -1.19. The highest BCUT2D eigenvalue weighted by atomic mass is 16.6. The van der Waals surface area contributed by atoms with Crippen LogP contribution in [0.15, 0.2) is 194 Å². The molecular formula is C63H65N5O17. The van der Waals surface area contributed by atoms with Crippen molar-refractivity contribution >= 4 is 40.6 Å². The van der Waals surface area contributed by atoms with Gasteiger partial charge in [-0.3, -0.25) is 25.0 Å². The van der Waals surface area contributed by atoms with Crippen LogP contribution in [0.4, 0.5) is 22.7 Å². The Morgan fingerprint density at radius 2 is 0.671 bits per heavy atom. The zero-order valence-electron chi connectivity index (χ0n) is 48.0. The number of nitrogens with one attached hydrogen (secondary N) is 1. The Bertz CT molecular complexity index is 3390. The highest BCUT2D eigenvalue weighted by molar-refractivity contribution is 5.84. The van der Waals surface area contributed by atoms with Crippen LogP contribution in [0.2, 0.25) is 0 Å². The average Bonchev–Trinajstić information content (AvgIpc) is 3.56. The number of likely N-dealkylation sites (N-methyl/N-ethyl adjacent to an activating group) is 1. The Hall–Kier alpha value is -11.0. The van der Waals surface area contributed by atoms with E-state index in [1.807, 2.05) is 18.2 Å². The number of hydrogen-bond donors (Lipinski definition) is 4. The number of aromatic hydroxyl groups is 1. The number of nitrogens with zero attached hydrogens (tertiary/aromatic N) is 2. The zero-order chi connectivity index (χ0) is 62.3. The summed E-state index contributed by atoms with van der Waals surface area (Å²) >= 11 is 0. The molecule has 0 heterocycles. The van der Waals surface area contributed by atoms with Crippen molar-refractivity contribution in [3.63, 3.8) is 0 Å². The Morgan fingerprint density at radius 3 is 0.953 bits per heavy atom. The van der Waals surface area contributed by atoms with Gasteiger partial charge in [-0.05, 0) is 163 Å². The molecule has 0 spiro atoms. The van der Waals surface area contributed by atoms with Gasteiger partial charge in [-0.2, -0.15) is 0 Å². The van der Waals surface area contributed by atoms with Crippen molar-refractivity contribution in [2.75, 3.05) is 32.7 Å². The van der Waals surface area contributed by atoms with Crippen LogP contribution in [0.25, 0.3) is 0 Å². The van der Waals surface area contributed by atoms with E-state index in [9.17, 15) is 39.7 Å². The van der Waals surface area contributed by atoms with Gasteiger partial charge in [-0.25, -0.2) is 9.59 Å². The first-order chi connectivity index (χ1) is 40.3. The summed E-state index contributed by atoms with van der Waals surface area (Å²) in [4.78, 5) is 55.5. The van der Waals surface area contributed by atoms with Crippen LogP contribution in [-0.4, -0.2) is 70.9 Å². The molecule has 22 heteroatoms. The predicted octanol–water partition coefficient (Wildman–Crippen LogP) is 13.2. The maximum atomic E-state index is 11.9. The van der Waals surface area contributed by atoms with Gasteiger partial charge < -0.3 is 64.5 Å². The number of nitrogen functional groups attached to an aromatic ring is 2. The lowest BCUT2D eigenvalue weighted by atomic mass is 10.1. The largest absolute Gasteiger partial charge is 0.504 e. The first-order valence-electron chi connectivity index (χ1n) is 25.8. The van der Waals surface area contributed by atoms with Crippen LogP contribution >= 0.6 is 0 Å². The summed E-state index contributed by atoms with van der Waals surface area (Å²) in [6.45, 7) is 9.85. The lowest BCUT2D eigenvalue weighted by molar-refractivity contribution is -0.385. The van der Waals surface area contributed by atoms with Gasteiger partial charge in [0, 0.05) is 42.7 Å². The van der Waals surface area contributed by atoms with Crippen LogP contribution in [0.5, 0.6) is 69.0 Å². The number of nitro benzene ring substituents is 2. The van der Waals surface area contributed by atoms with E-state index < -0.39 is 38.6 Å². The number of ether oxygens (including phenoxy) is 9. The second-order valence-corrected chi connectivity index (χ2v) is 19.3. The molecule has 6 N–H and O–H groups in total. The number of para-hydroxylation sites is 8. The van der Waals surface area contributed by atoms with Crippen molar-refractivity contribution in [2.45, 2.75) is 58.3 Å². The number of non-ortho nitro benzene ring substituents is 2. The number of carbonyl (C=O) groups is 3. The van der Waals surface area contributed by atoms with E-state index in [4.69, 9.17) is 54.1 Å². The number of anilines is 2. The van der Waals surface area contributed by atoms with Crippen LogP contribution in [0, 0.1) is 20.2 Å². The summed E-state index contributed by atoms with van der Waals surface area (Å²) in [7, 11) is 4.18. The molecule has 0 radical (unpaired) electrons. The van der Waals surface area contributed by atoms with Gasteiger partial charge >= 0.3 is 11.9 Å². The van der Waals surface area contributed by atoms with E-state index in [1.165, 1.54) is 68.8 Å². The van der Waals surface area contributed by atoms with Crippen molar-refractivity contribution in [1.82, 2.24) is 5.32 Å². The molecule has 0 fully saturated rings. The highest BCUT2D eigenvalue weighted by Gasteiger charge is 2.34.